The summed E-state index contributed by atoms with van der Waals surface area (Å²) in [5.41, 5.74) is 0.606. The first-order valence-corrected chi connectivity index (χ1v) is 7.58. The van der Waals surface area contributed by atoms with Gasteiger partial charge in [-0.25, -0.2) is 4.79 Å². The van der Waals surface area contributed by atoms with Crippen molar-refractivity contribution in [1.82, 2.24) is 0 Å². The van der Waals surface area contributed by atoms with Crippen LogP contribution in [0.4, 0.5) is 18.9 Å². The third-order valence-corrected chi connectivity index (χ3v) is 3.41. The lowest BCUT2D eigenvalue weighted by Crippen LogP contribution is -2.19. The molecule has 1 aromatic carbocycles. The summed E-state index contributed by atoms with van der Waals surface area (Å²) < 4.78 is 46.5. The Hall–Kier alpha value is -2.97. The van der Waals surface area contributed by atoms with Crippen LogP contribution < -0.4 is 10.1 Å². The number of hydrogen-bond donors (Lipinski definition) is 2. The average molecular weight is 371 g/mol. The highest BCUT2D eigenvalue weighted by Gasteiger charge is 2.28. The van der Waals surface area contributed by atoms with Crippen molar-refractivity contribution in [2.24, 2.45) is 0 Å². The number of aromatic carboxylic acids is 1. The van der Waals surface area contributed by atoms with Crippen molar-refractivity contribution in [3.05, 3.63) is 46.9 Å². The van der Waals surface area contributed by atoms with Gasteiger partial charge in [-0.15, -0.1) is 0 Å². The lowest BCUT2D eigenvalue weighted by Gasteiger charge is -2.12. The summed E-state index contributed by atoms with van der Waals surface area (Å²) in [7, 11) is 0. The Balaban J connectivity index is 2.12. The molecule has 1 aromatic heterocycles. The highest BCUT2D eigenvalue weighted by atomic mass is 19.4. The van der Waals surface area contributed by atoms with E-state index in [0.717, 1.165) is 6.07 Å². The van der Waals surface area contributed by atoms with Gasteiger partial charge in [0.05, 0.1) is 0 Å². The molecule has 0 fully saturated rings. The number of aryl methyl sites for hydroxylation is 2. The topological polar surface area (TPSA) is 88.8 Å². The van der Waals surface area contributed by atoms with E-state index in [1.807, 2.05) is 0 Å². The van der Waals surface area contributed by atoms with Crippen LogP contribution in [0, 0.1) is 6.92 Å². The highest BCUT2D eigenvalue weighted by Crippen LogP contribution is 2.25. The van der Waals surface area contributed by atoms with E-state index in [1.165, 1.54) is 25.1 Å². The number of hydrogen-bond acceptors (Lipinski definition) is 4. The van der Waals surface area contributed by atoms with Crippen molar-refractivity contribution >= 4 is 17.6 Å². The summed E-state index contributed by atoms with van der Waals surface area (Å²) in [4.78, 5) is 23.3. The van der Waals surface area contributed by atoms with Gasteiger partial charge in [-0.05, 0) is 30.7 Å². The molecule has 1 amide bonds. The van der Waals surface area contributed by atoms with E-state index in [4.69, 9.17) is 9.52 Å². The van der Waals surface area contributed by atoms with Gasteiger partial charge in [-0.1, -0.05) is 6.92 Å². The van der Waals surface area contributed by atoms with Crippen LogP contribution in [0.2, 0.25) is 0 Å². The molecule has 0 saturated heterocycles. The van der Waals surface area contributed by atoms with Crippen LogP contribution in [0.25, 0.3) is 0 Å². The molecule has 0 radical (unpaired) electrons. The molecule has 0 saturated carbocycles. The smallest absolute Gasteiger partial charge is 0.422 e. The van der Waals surface area contributed by atoms with E-state index in [0.29, 0.717) is 17.7 Å². The van der Waals surface area contributed by atoms with Gasteiger partial charge < -0.3 is 19.6 Å². The van der Waals surface area contributed by atoms with Gasteiger partial charge >= 0.3 is 12.1 Å². The molecule has 0 atom stereocenters. The first-order chi connectivity index (χ1) is 12.1. The lowest BCUT2D eigenvalue weighted by molar-refractivity contribution is -0.153. The molecule has 0 unspecified atom stereocenters. The number of alkyl halides is 3. The van der Waals surface area contributed by atoms with Crippen LogP contribution in [-0.2, 0) is 6.42 Å². The number of carboxylic acid groups (broad SMARTS) is 1. The van der Waals surface area contributed by atoms with Crippen LogP contribution in [0.5, 0.6) is 5.75 Å². The van der Waals surface area contributed by atoms with Gasteiger partial charge in [0.15, 0.2) is 12.4 Å². The number of benzene rings is 1. The van der Waals surface area contributed by atoms with E-state index in [1.54, 1.807) is 6.92 Å². The quantitative estimate of drug-likeness (QED) is 0.800. The van der Waals surface area contributed by atoms with Crippen LogP contribution >= 0.6 is 0 Å². The van der Waals surface area contributed by atoms with Gasteiger partial charge in [-0.2, -0.15) is 13.2 Å². The molecular formula is C17H16F3NO5. The van der Waals surface area contributed by atoms with Gasteiger partial charge in [0, 0.05) is 18.2 Å². The second-order valence-electron chi connectivity index (χ2n) is 5.44. The summed E-state index contributed by atoms with van der Waals surface area (Å²) in [5.74, 6) is -1.83. The molecular weight excluding hydrogens is 355 g/mol. The third kappa shape index (κ3) is 4.78. The maximum atomic E-state index is 12.2. The molecule has 2 N–H and O–H groups in total. The number of carbonyl (C=O) groups excluding carboxylic acids is 1. The van der Waals surface area contributed by atoms with E-state index in [9.17, 15) is 22.8 Å². The largest absolute Gasteiger partial charge is 0.484 e. The fourth-order valence-corrected chi connectivity index (χ4v) is 2.23. The van der Waals surface area contributed by atoms with Crippen LogP contribution in [0.3, 0.4) is 0 Å². The molecule has 0 bridgehead atoms. The second-order valence-corrected chi connectivity index (χ2v) is 5.44. The fourth-order valence-electron chi connectivity index (χ4n) is 2.23. The van der Waals surface area contributed by atoms with E-state index in [-0.39, 0.29) is 22.8 Å². The zero-order chi connectivity index (χ0) is 19.5. The standard InChI is InChI=1S/C17H16F3NO5/c1-3-12-11(16(23)24)7-14(26-12)15(22)21-10-4-5-13(9(2)6-10)25-8-17(18,19)20/h4-7H,3,8H2,1-2H3,(H,21,22)(H,23,24). The number of carboxylic acids is 1. The van der Waals surface area contributed by atoms with Crippen molar-refractivity contribution in [1.29, 1.82) is 0 Å². The number of nitrogens with one attached hydrogen (secondary N) is 1. The number of ether oxygens (including phenoxy) is 1. The zero-order valence-corrected chi connectivity index (χ0v) is 13.9. The molecule has 1 heterocycles. The second kappa shape index (κ2) is 7.51. The summed E-state index contributed by atoms with van der Waals surface area (Å²) in [6.07, 6.45) is -4.14. The van der Waals surface area contributed by atoms with Gasteiger partial charge in [0.25, 0.3) is 5.91 Å². The third-order valence-electron chi connectivity index (χ3n) is 3.41. The molecule has 0 aliphatic rings. The molecule has 2 rings (SSSR count). The number of anilines is 1. The maximum Gasteiger partial charge on any atom is 0.422 e. The van der Waals surface area contributed by atoms with Gasteiger partial charge in [-0.3, -0.25) is 4.79 Å². The van der Waals surface area contributed by atoms with Gasteiger partial charge in [0.1, 0.15) is 17.1 Å². The summed E-state index contributed by atoms with van der Waals surface area (Å²) in [5, 5.41) is 11.6. The predicted octanol–water partition coefficient (Wildman–Crippen LogP) is 4.04. The summed E-state index contributed by atoms with van der Waals surface area (Å²) >= 11 is 0. The number of halogens is 3. The van der Waals surface area contributed by atoms with E-state index < -0.39 is 24.7 Å². The van der Waals surface area contributed by atoms with Crippen molar-refractivity contribution in [3.8, 4) is 5.75 Å². The summed E-state index contributed by atoms with van der Waals surface area (Å²) in [6.45, 7) is 1.81. The molecule has 26 heavy (non-hydrogen) atoms. The number of carbonyl (C=O) groups is 2. The molecule has 6 nitrogen and oxygen atoms in total. The average Bonchev–Trinajstić information content (AvgIpc) is 2.98. The highest BCUT2D eigenvalue weighted by molar-refractivity contribution is 6.04. The van der Waals surface area contributed by atoms with E-state index >= 15 is 0 Å². The lowest BCUT2D eigenvalue weighted by atomic mass is 10.2. The SMILES string of the molecule is CCc1oc(C(=O)Nc2ccc(OCC(F)(F)F)c(C)c2)cc1C(=O)O. The Kier molecular flexibility index (Phi) is 5.59. The minimum atomic E-state index is -4.45. The molecule has 2 aromatic rings. The van der Waals surface area contributed by atoms with Crippen molar-refractivity contribution < 1.29 is 37.0 Å². The van der Waals surface area contributed by atoms with Crippen LogP contribution in [-0.4, -0.2) is 29.8 Å². The molecule has 9 heteroatoms. The number of amides is 1. The monoisotopic (exact) mass is 371 g/mol. The Bertz CT molecular complexity index is 826. The number of rotatable bonds is 6. The molecule has 0 spiro atoms. The minimum Gasteiger partial charge on any atom is -0.484 e. The Morgan fingerprint density at radius 1 is 1.27 bits per heavy atom. The van der Waals surface area contributed by atoms with Gasteiger partial charge in [0.2, 0.25) is 0 Å². The van der Waals surface area contributed by atoms with Crippen molar-refractivity contribution in [2.75, 3.05) is 11.9 Å². The molecule has 140 valence electrons. The summed E-state index contributed by atoms with van der Waals surface area (Å²) in [6, 6.07) is 5.24. The normalized spacial score (nSPS) is 11.3. The van der Waals surface area contributed by atoms with Crippen LogP contribution in [0.15, 0.2) is 28.7 Å². The first-order valence-electron chi connectivity index (χ1n) is 7.58. The molecule has 0 aliphatic carbocycles. The Morgan fingerprint density at radius 2 is 1.96 bits per heavy atom. The predicted molar refractivity (Wildman–Crippen MR) is 85.7 cm³/mol. The van der Waals surface area contributed by atoms with E-state index in [2.05, 4.69) is 10.1 Å². The Morgan fingerprint density at radius 3 is 2.46 bits per heavy atom. The maximum absolute atomic E-state index is 12.2. The minimum absolute atomic E-state index is 0.0414. The van der Waals surface area contributed by atoms with Crippen LogP contribution in [0.1, 0.15) is 39.2 Å². The van der Waals surface area contributed by atoms with Crippen molar-refractivity contribution in [3.63, 3.8) is 0 Å². The zero-order valence-electron chi connectivity index (χ0n) is 13.9. The number of furan rings is 1. The van der Waals surface area contributed by atoms with Crippen molar-refractivity contribution in [2.45, 2.75) is 26.4 Å². The Labute approximate surface area is 146 Å². The first kappa shape index (κ1) is 19.4. The fraction of sp³-hybridized carbons (Fsp3) is 0.294. The molecule has 0 aliphatic heterocycles.